The molecule has 0 aromatic carbocycles. The highest BCUT2D eigenvalue weighted by Gasteiger charge is 2.56. The molecule has 0 bridgehead atoms. The van der Waals surface area contributed by atoms with Gasteiger partial charge in [-0.15, -0.1) is 0 Å². The largest absolute Gasteiger partial charge is 0.392 e. The molecule has 2 aliphatic rings. The zero-order valence-corrected chi connectivity index (χ0v) is 12.7. The first-order chi connectivity index (χ1) is 10.5. The van der Waals surface area contributed by atoms with Crippen molar-refractivity contribution in [1.29, 1.82) is 0 Å². The number of aromatic nitrogens is 1. The van der Waals surface area contributed by atoms with Crippen LogP contribution in [0.5, 0.6) is 0 Å². The first-order valence-electron chi connectivity index (χ1n) is 7.71. The summed E-state index contributed by atoms with van der Waals surface area (Å²) in [6, 6.07) is 1.37. The molecule has 1 aromatic heterocycles. The second kappa shape index (κ2) is 5.89. The van der Waals surface area contributed by atoms with Gasteiger partial charge in [-0.1, -0.05) is 0 Å². The van der Waals surface area contributed by atoms with Gasteiger partial charge < -0.3 is 19.3 Å². The van der Waals surface area contributed by atoms with Gasteiger partial charge in [0.25, 0.3) is 5.56 Å². The summed E-state index contributed by atoms with van der Waals surface area (Å²) in [5.74, 6) is 0.558. The van der Waals surface area contributed by atoms with E-state index < -0.39 is 0 Å². The van der Waals surface area contributed by atoms with Crippen LogP contribution in [0.2, 0.25) is 0 Å². The summed E-state index contributed by atoms with van der Waals surface area (Å²) in [5, 5.41) is 12.3. The minimum Gasteiger partial charge on any atom is -0.392 e. The van der Waals surface area contributed by atoms with E-state index in [9.17, 15) is 14.7 Å². The van der Waals surface area contributed by atoms with Crippen molar-refractivity contribution in [2.24, 2.45) is 5.41 Å². The Kier molecular flexibility index (Phi) is 4.10. The molecular formula is C15H22N2O5. The van der Waals surface area contributed by atoms with E-state index in [4.69, 9.17) is 9.26 Å². The van der Waals surface area contributed by atoms with Gasteiger partial charge in [-0.2, -0.15) is 5.16 Å². The zero-order chi connectivity index (χ0) is 15.7. The number of aliphatic hydroxyl groups is 1. The summed E-state index contributed by atoms with van der Waals surface area (Å²) in [7, 11) is 1.68. The van der Waals surface area contributed by atoms with Crippen LogP contribution in [0.4, 0.5) is 0 Å². The fraction of sp³-hybridized carbons (Fsp3) is 0.733. The van der Waals surface area contributed by atoms with Crippen LogP contribution < -0.4 is 5.56 Å². The Morgan fingerprint density at radius 3 is 2.82 bits per heavy atom. The number of piperidine rings is 1. The van der Waals surface area contributed by atoms with Crippen LogP contribution in [0.25, 0.3) is 0 Å². The summed E-state index contributed by atoms with van der Waals surface area (Å²) in [4.78, 5) is 25.0. The van der Waals surface area contributed by atoms with E-state index in [1.54, 1.807) is 7.11 Å². The average Bonchev–Trinajstić information content (AvgIpc) is 2.95. The number of aryl methyl sites for hydroxylation is 1. The second-order valence-electron chi connectivity index (χ2n) is 6.27. The molecule has 0 unspecified atom stereocenters. The minimum absolute atomic E-state index is 0.0569. The Balaban J connectivity index is 1.50. The van der Waals surface area contributed by atoms with Crippen molar-refractivity contribution in [3.05, 3.63) is 22.2 Å². The van der Waals surface area contributed by atoms with E-state index >= 15 is 0 Å². The van der Waals surface area contributed by atoms with Crippen LogP contribution in [0.1, 0.15) is 31.4 Å². The van der Waals surface area contributed by atoms with Gasteiger partial charge in [-0.25, -0.2) is 0 Å². The van der Waals surface area contributed by atoms with Gasteiger partial charge in [0.05, 0.1) is 12.2 Å². The molecule has 2 heterocycles. The lowest BCUT2D eigenvalue weighted by atomic mass is 9.58. The maximum atomic E-state index is 12.2. The van der Waals surface area contributed by atoms with Crippen molar-refractivity contribution in [2.75, 3.05) is 20.2 Å². The normalized spacial score (nSPS) is 26.9. The molecule has 7 nitrogen and oxygen atoms in total. The van der Waals surface area contributed by atoms with Gasteiger partial charge in [-0.05, 0) is 12.8 Å². The number of ether oxygens (including phenoxy) is 1. The summed E-state index contributed by atoms with van der Waals surface area (Å²) in [6.45, 7) is 1.29. The number of methoxy groups -OCH3 is 1. The molecule has 0 radical (unpaired) electrons. The maximum absolute atomic E-state index is 12.2. The van der Waals surface area contributed by atoms with Crippen LogP contribution in [-0.2, 0) is 16.0 Å². The van der Waals surface area contributed by atoms with Gasteiger partial charge in [0.2, 0.25) is 5.91 Å². The Morgan fingerprint density at radius 1 is 1.55 bits per heavy atom. The molecule has 1 aliphatic carbocycles. The average molecular weight is 310 g/mol. The van der Waals surface area contributed by atoms with Crippen LogP contribution in [0, 0.1) is 5.41 Å². The predicted octanol–water partition coefficient (Wildman–Crippen LogP) is 0.289. The molecule has 1 saturated heterocycles. The topological polar surface area (TPSA) is 95.8 Å². The third-order valence-corrected chi connectivity index (χ3v) is 5.23. The number of hydrogen-bond donors (Lipinski definition) is 2. The molecule has 7 heteroatoms. The molecule has 1 spiro atoms. The van der Waals surface area contributed by atoms with Gasteiger partial charge in [-0.3, -0.25) is 9.59 Å². The van der Waals surface area contributed by atoms with Crippen molar-refractivity contribution in [1.82, 2.24) is 10.1 Å². The molecule has 2 atom stereocenters. The lowest BCUT2D eigenvalue weighted by molar-refractivity contribution is -0.202. The second-order valence-corrected chi connectivity index (χ2v) is 6.27. The number of hydrogen-bond acceptors (Lipinski definition) is 5. The van der Waals surface area contributed by atoms with Crippen LogP contribution in [-0.4, -0.2) is 53.5 Å². The Labute approximate surface area is 128 Å². The number of likely N-dealkylation sites (tertiary alicyclic amines) is 1. The SMILES string of the molecule is CO[C@@H]1C[C@H](O)C12CCN(C(=O)CCc1cc(=O)[nH]o1)CC2. The maximum Gasteiger partial charge on any atom is 0.280 e. The number of aromatic amines is 1. The van der Waals surface area contributed by atoms with Crippen LogP contribution >= 0.6 is 0 Å². The molecule has 3 rings (SSSR count). The van der Waals surface area contributed by atoms with Crippen molar-refractivity contribution >= 4 is 5.91 Å². The van der Waals surface area contributed by atoms with Gasteiger partial charge in [0, 0.05) is 50.9 Å². The quantitative estimate of drug-likeness (QED) is 0.833. The van der Waals surface area contributed by atoms with Crippen LogP contribution in [0.3, 0.4) is 0 Å². The number of nitrogens with one attached hydrogen (secondary N) is 1. The van der Waals surface area contributed by atoms with Gasteiger partial charge >= 0.3 is 0 Å². The highest BCUT2D eigenvalue weighted by molar-refractivity contribution is 5.76. The van der Waals surface area contributed by atoms with Gasteiger partial charge in [0.1, 0.15) is 5.76 Å². The summed E-state index contributed by atoms with van der Waals surface area (Å²) in [6.07, 6.45) is 2.77. The zero-order valence-electron chi connectivity index (χ0n) is 12.7. The highest BCUT2D eigenvalue weighted by atomic mass is 16.5. The summed E-state index contributed by atoms with van der Waals surface area (Å²) >= 11 is 0. The third kappa shape index (κ3) is 2.59. The monoisotopic (exact) mass is 310 g/mol. The van der Waals surface area contributed by atoms with E-state index in [2.05, 4.69) is 5.16 Å². The lowest BCUT2D eigenvalue weighted by Gasteiger charge is -2.56. The third-order valence-electron chi connectivity index (χ3n) is 5.23. The smallest absolute Gasteiger partial charge is 0.280 e. The molecule has 2 fully saturated rings. The molecule has 1 aliphatic heterocycles. The van der Waals surface area contributed by atoms with E-state index in [-0.39, 0.29) is 29.1 Å². The standard InChI is InChI=1S/C15H22N2O5/c1-21-12-9-11(18)15(12)4-6-17(7-5-15)14(20)3-2-10-8-13(19)16-22-10/h8,11-12,18H,2-7,9H2,1H3,(H,16,19)/t11-,12+/m0/s1. The van der Waals surface area contributed by atoms with E-state index in [1.165, 1.54) is 6.07 Å². The Hall–Kier alpha value is -1.60. The number of nitrogens with zero attached hydrogens (tertiary/aromatic N) is 1. The molecule has 1 amide bonds. The Morgan fingerprint density at radius 2 is 2.27 bits per heavy atom. The first-order valence-corrected chi connectivity index (χ1v) is 7.71. The number of carbonyl (C=O) groups excluding carboxylic acids is 1. The number of carbonyl (C=O) groups is 1. The van der Waals surface area contributed by atoms with E-state index in [1.807, 2.05) is 4.90 Å². The minimum atomic E-state index is -0.316. The summed E-state index contributed by atoms with van der Waals surface area (Å²) < 4.78 is 10.4. The molecule has 122 valence electrons. The van der Waals surface area contributed by atoms with Crippen LogP contribution in [0.15, 0.2) is 15.4 Å². The van der Waals surface area contributed by atoms with Crippen molar-refractivity contribution < 1.29 is 19.2 Å². The van der Waals surface area contributed by atoms with E-state index in [0.717, 1.165) is 12.8 Å². The molecule has 1 aromatic rings. The number of H-pyrrole nitrogens is 1. The number of rotatable bonds is 4. The molecule has 22 heavy (non-hydrogen) atoms. The highest BCUT2D eigenvalue weighted by Crippen LogP contribution is 2.50. The fourth-order valence-corrected chi connectivity index (χ4v) is 3.72. The predicted molar refractivity (Wildman–Crippen MR) is 77.3 cm³/mol. The van der Waals surface area contributed by atoms with Gasteiger partial charge in [0.15, 0.2) is 0 Å². The van der Waals surface area contributed by atoms with Crippen molar-refractivity contribution in [3.63, 3.8) is 0 Å². The van der Waals surface area contributed by atoms with Crippen molar-refractivity contribution in [3.8, 4) is 0 Å². The van der Waals surface area contributed by atoms with E-state index in [0.29, 0.717) is 38.1 Å². The molecule has 1 saturated carbocycles. The Bertz CT molecular complexity index is 585. The molecular weight excluding hydrogens is 288 g/mol. The lowest BCUT2D eigenvalue weighted by Crippen LogP contribution is -2.62. The fourth-order valence-electron chi connectivity index (χ4n) is 3.72. The van der Waals surface area contributed by atoms with Crippen molar-refractivity contribution in [2.45, 2.75) is 44.3 Å². The first kappa shape index (κ1) is 15.3. The molecule has 2 N–H and O–H groups in total. The number of amides is 1. The number of aliphatic hydroxyl groups excluding tert-OH is 1. The summed E-state index contributed by atoms with van der Waals surface area (Å²) in [5.41, 5.74) is -0.453.